The molecule has 136 valence electrons. The Balaban J connectivity index is 1.86. The SMILES string of the molecule is CSc1ncccc1C(=O)O[C@@H](C(=O)N1CCOCC1)c1ccccc1. The van der Waals surface area contributed by atoms with Crippen LogP contribution in [0.5, 0.6) is 0 Å². The van der Waals surface area contributed by atoms with Crippen molar-refractivity contribution in [2.45, 2.75) is 11.1 Å². The second-order valence-electron chi connectivity index (χ2n) is 5.69. The summed E-state index contributed by atoms with van der Waals surface area (Å²) in [6, 6.07) is 12.4. The predicted octanol–water partition coefficient (Wildman–Crippen LogP) is 2.56. The molecule has 0 saturated carbocycles. The van der Waals surface area contributed by atoms with Gasteiger partial charge in [-0.05, 0) is 18.4 Å². The molecule has 1 fully saturated rings. The number of rotatable bonds is 5. The molecule has 1 aliphatic rings. The van der Waals surface area contributed by atoms with E-state index in [0.717, 1.165) is 0 Å². The highest BCUT2D eigenvalue weighted by Gasteiger charge is 2.31. The number of ether oxygens (including phenoxy) is 2. The molecule has 0 unspecified atom stereocenters. The average Bonchev–Trinajstić information content (AvgIpc) is 2.72. The number of carbonyl (C=O) groups excluding carboxylic acids is 2. The van der Waals surface area contributed by atoms with Gasteiger partial charge in [-0.1, -0.05) is 30.3 Å². The Labute approximate surface area is 156 Å². The van der Waals surface area contributed by atoms with Crippen LogP contribution in [0.15, 0.2) is 53.7 Å². The minimum atomic E-state index is -0.989. The average molecular weight is 372 g/mol. The molecular weight excluding hydrogens is 352 g/mol. The summed E-state index contributed by atoms with van der Waals surface area (Å²) in [6.45, 7) is 1.95. The fourth-order valence-corrected chi connectivity index (χ4v) is 3.26. The molecule has 2 aromatic rings. The molecule has 0 aliphatic carbocycles. The summed E-state index contributed by atoms with van der Waals surface area (Å²) in [5.74, 6) is -0.791. The maximum Gasteiger partial charge on any atom is 0.342 e. The third-order valence-electron chi connectivity index (χ3n) is 4.06. The highest BCUT2D eigenvalue weighted by atomic mass is 32.2. The highest BCUT2D eigenvalue weighted by molar-refractivity contribution is 7.98. The van der Waals surface area contributed by atoms with Crippen molar-refractivity contribution in [3.05, 3.63) is 59.8 Å². The van der Waals surface area contributed by atoms with Crippen molar-refractivity contribution in [3.63, 3.8) is 0 Å². The van der Waals surface area contributed by atoms with Gasteiger partial charge in [0, 0.05) is 24.8 Å². The number of hydrogen-bond donors (Lipinski definition) is 0. The van der Waals surface area contributed by atoms with E-state index in [2.05, 4.69) is 4.98 Å². The zero-order valence-electron chi connectivity index (χ0n) is 14.5. The lowest BCUT2D eigenvalue weighted by Crippen LogP contribution is -2.44. The number of esters is 1. The van der Waals surface area contributed by atoms with E-state index in [9.17, 15) is 9.59 Å². The van der Waals surface area contributed by atoms with Crippen LogP contribution in [0.2, 0.25) is 0 Å². The van der Waals surface area contributed by atoms with E-state index >= 15 is 0 Å². The summed E-state index contributed by atoms with van der Waals surface area (Å²) in [7, 11) is 0. The lowest BCUT2D eigenvalue weighted by atomic mass is 10.1. The minimum absolute atomic E-state index is 0.234. The van der Waals surface area contributed by atoms with Gasteiger partial charge in [-0.15, -0.1) is 11.8 Å². The molecule has 26 heavy (non-hydrogen) atoms. The molecule has 0 N–H and O–H groups in total. The van der Waals surface area contributed by atoms with Crippen LogP contribution in [0.25, 0.3) is 0 Å². The maximum atomic E-state index is 13.0. The number of hydrogen-bond acceptors (Lipinski definition) is 6. The van der Waals surface area contributed by atoms with E-state index in [0.29, 0.717) is 42.5 Å². The first kappa shape index (κ1) is 18.4. The fourth-order valence-electron chi connectivity index (χ4n) is 2.72. The summed E-state index contributed by atoms with van der Waals surface area (Å²) in [4.78, 5) is 31.6. The lowest BCUT2D eigenvalue weighted by Gasteiger charge is -2.30. The van der Waals surface area contributed by atoms with Gasteiger partial charge in [0.2, 0.25) is 6.10 Å². The quantitative estimate of drug-likeness (QED) is 0.594. The van der Waals surface area contributed by atoms with Crippen molar-refractivity contribution in [2.75, 3.05) is 32.6 Å². The zero-order valence-corrected chi connectivity index (χ0v) is 15.3. The molecular formula is C19H20N2O4S. The van der Waals surface area contributed by atoms with Gasteiger partial charge in [-0.25, -0.2) is 9.78 Å². The third-order valence-corrected chi connectivity index (χ3v) is 4.77. The first-order valence-electron chi connectivity index (χ1n) is 8.32. The number of morpholine rings is 1. The van der Waals surface area contributed by atoms with Crippen molar-refractivity contribution in [2.24, 2.45) is 0 Å². The van der Waals surface area contributed by atoms with E-state index < -0.39 is 12.1 Å². The number of benzene rings is 1. The summed E-state index contributed by atoms with van der Waals surface area (Å²) >= 11 is 1.36. The van der Waals surface area contributed by atoms with Gasteiger partial charge >= 0.3 is 5.97 Å². The Kier molecular flexibility index (Phi) is 6.25. The molecule has 1 aromatic carbocycles. The standard InChI is InChI=1S/C19H20N2O4S/c1-26-17-15(8-5-9-20-17)19(23)25-16(14-6-3-2-4-7-14)18(22)21-10-12-24-13-11-21/h2-9,16H,10-13H2,1H3/t16-/m1/s1. The number of aromatic nitrogens is 1. The summed E-state index contributed by atoms with van der Waals surface area (Å²) < 4.78 is 11.0. The van der Waals surface area contributed by atoms with Gasteiger partial charge in [0.25, 0.3) is 5.91 Å². The first-order chi connectivity index (χ1) is 12.7. The monoisotopic (exact) mass is 372 g/mol. The van der Waals surface area contributed by atoms with Gasteiger partial charge in [0.15, 0.2) is 0 Å². The van der Waals surface area contributed by atoms with Crippen molar-refractivity contribution >= 4 is 23.6 Å². The number of amides is 1. The molecule has 1 saturated heterocycles. The normalized spacial score (nSPS) is 15.3. The molecule has 0 radical (unpaired) electrons. The molecule has 1 atom stereocenters. The molecule has 1 amide bonds. The fraction of sp³-hybridized carbons (Fsp3) is 0.316. The van der Waals surface area contributed by atoms with Crippen LogP contribution in [0.3, 0.4) is 0 Å². The van der Waals surface area contributed by atoms with Gasteiger partial charge in [-0.2, -0.15) is 0 Å². The van der Waals surface area contributed by atoms with Crippen molar-refractivity contribution in [1.82, 2.24) is 9.88 Å². The zero-order chi connectivity index (χ0) is 18.4. The molecule has 6 nitrogen and oxygen atoms in total. The van der Waals surface area contributed by atoms with E-state index in [-0.39, 0.29) is 5.91 Å². The van der Waals surface area contributed by atoms with Gasteiger partial charge in [0.05, 0.1) is 18.8 Å². The van der Waals surface area contributed by atoms with Crippen LogP contribution in [0.1, 0.15) is 22.0 Å². The summed E-state index contributed by atoms with van der Waals surface area (Å²) in [6.07, 6.45) is 2.47. The van der Waals surface area contributed by atoms with Crippen LogP contribution in [-0.2, 0) is 14.3 Å². The Morgan fingerprint density at radius 3 is 2.58 bits per heavy atom. The largest absolute Gasteiger partial charge is 0.444 e. The van der Waals surface area contributed by atoms with E-state index in [4.69, 9.17) is 9.47 Å². The summed E-state index contributed by atoms with van der Waals surface area (Å²) in [5.41, 5.74) is 1.00. The second kappa shape index (κ2) is 8.82. The highest BCUT2D eigenvalue weighted by Crippen LogP contribution is 2.25. The maximum absolute atomic E-state index is 13.0. The number of pyridine rings is 1. The van der Waals surface area contributed by atoms with Gasteiger partial charge < -0.3 is 14.4 Å². The second-order valence-corrected chi connectivity index (χ2v) is 6.49. The molecule has 3 rings (SSSR count). The van der Waals surface area contributed by atoms with Gasteiger partial charge in [-0.3, -0.25) is 4.79 Å². The molecule has 1 aromatic heterocycles. The first-order valence-corrected chi connectivity index (χ1v) is 9.54. The minimum Gasteiger partial charge on any atom is -0.444 e. The topological polar surface area (TPSA) is 68.7 Å². The Morgan fingerprint density at radius 2 is 1.88 bits per heavy atom. The van der Waals surface area contributed by atoms with Crippen LogP contribution in [0.4, 0.5) is 0 Å². The Hall–Kier alpha value is -2.38. The molecule has 0 spiro atoms. The lowest BCUT2D eigenvalue weighted by molar-refractivity contribution is -0.145. The molecule has 1 aliphatic heterocycles. The van der Waals surface area contributed by atoms with E-state index in [1.54, 1.807) is 35.4 Å². The smallest absolute Gasteiger partial charge is 0.342 e. The number of nitrogens with zero attached hydrogens (tertiary/aromatic N) is 2. The van der Waals surface area contributed by atoms with Crippen molar-refractivity contribution < 1.29 is 19.1 Å². The van der Waals surface area contributed by atoms with Crippen LogP contribution >= 0.6 is 11.8 Å². The van der Waals surface area contributed by atoms with Crippen molar-refractivity contribution in [3.8, 4) is 0 Å². The number of carbonyl (C=O) groups is 2. The Bertz CT molecular complexity index is 763. The molecule has 7 heteroatoms. The third kappa shape index (κ3) is 4.23. The van der Waals surface area contributed by atoms with Gasteiger partial charge in [0.1, 0.15) is 5.03 Å². The van der Waals surface area contributed by atoms with Crippen molar-refractivity contribution in [1.29, 1.82) is 0 Å². The summed E-state index contributed by atoms with van der Waals surface area (Å²) in [5, 5.41) is 0.572. The van der Waals surface area contributed by atoms with E-state index in [1.165, 1.54) is 11.8 Å². The van der Waals surface area contributed by atoms with E-state index in [1.807, 2.05) is 24.5 Å². The molecule has 0 bridgehead atoms. The molecule has 2 heterocycles. The number of thioether (sulfide) groups is 1. The van der Waals surface area contributed by atoms with Crippen LogP contribution in [0, 0.1) is 0 Å². The van der Waals surface area contributed by atoms with Crippen LogP contribution < -0.4 is 0 Å². The predicted molar refractivity (Wildman–Crippen MR) is 98.0 cm³/mol. The van der Waals surface area contributed by atoms with Crippen LogP contribution in [-0.4, -0.2) is 54.3 Å². The Morgan fingerprint density at radius 1 is 1.15 bits per heavy atom.